The molecule has 4 nitrogen and oxygen atoms in total. The van der Waals surface area contributed by atoms with Crippen LogP contribution in [0, 0.1) is 13.8 Å². The Morgan fingerprint density at radius 2 is 1.54 bits per heavy atom. The van der Waals surface area contributed by atoms with Crippen molar-refractivity contribution in [3.63, 3.8) is 0 Å². The van der Waals surface area contributed by atoms with E-state index in [2.05, 4.69) is 10.6 Å². The second-order valence-electron chi connectivity index (χ2n) is 8.21. The number of nitrogens with one attached hydrogen (secondary N) is 2. The first-order valence-electron chi connectivity index (χ1n) is 11.2. The Hall–Kier alpha value is -3.54. The predicted octanol–water partition coefficient (Wildman–Crippen LogP) is 7.68. The highest BCUT2D eigenvalue weighted by atomic mass is 35.5. The molecular formula is C29H25ClN2O2S. The number of benzene rings is 4. The summed E-state index contributed by atoms with van der Waals surface area (Å²) in [5, 5.41) is 6.05. The van der Waals surface area contributed by atoms with Crippen LogP contribution in [-0.4, -0.2) is 11.8 Å². The van der Waals surface area contributed by atoms with E-state index in [1.54, 1.807) is 18.2 Å². The van der Waals surface area contributed by atoms with Crippen molar-refractivity contribution in [2.75, 3.05) is 10.6 Å². The topological polar surface area (TPSA) is 58.2 Å². The molecule has 0 aliphatic rings. The third kappa shape index (κ3) is 6.53. The summed E-state index contributed by atoms with van der Waals surface area (Å²) in [5.74, 6) is -0.295. The van der Waals surface area contributed by atoms with Crippen molar-refractivity contribution in [2.24, 2.45) is 0 Å². The van der Waals surface area contributed by atoms with Crippen LogP contribution in [0.3, 0.4) is 0 Å². The molecule has 0 saturated carbocycles. The molecule has 0 aliphatic carbocycles. The fourth-order valence-electron chi connectivity index (χ4n) is 3.57. The molecule has 4 aromatic rings. The molecule has 6 heteroatoms. The maximum absolute atomic E-state index is 13.3. The molecule has 0 aliphatic heterocycles. The highest BCUT2D eigenvalue weighted by molar-refractivity contribution is 8.00. The van der Waals surface area contributed by atoms with Gasteiger partial charge in [-0.3, -0.25) is 9.59 Å². The van der Waals surface area contributed by atoms with Crippen molar-refractivity contribution in [2.45, 2.75) is 24.0 Å². The van der Waals surface area contributed by atoms with Gasteiger partial charge in [-0.25, -0.2) is 0 Å². The number of carbonyl (C=O) groups is 2. The molecule has 0 bridgehead atoms. The summed E-state index contributed by atoms with van der Waals surface area (Å²) >= 11 is 7.59. The zero-order valence-corrected chi connectivity index (χ0v) is 21.0. The van der Waals surface area contributed by atoms with Gasteiger partial charge in [0.05, 0.1) is 0 Å². The molecule has 4 aromatic carbocycles. The average molecular weight is 501 g/mol. The van der Waals surface area contributed by atoms with Crippen LogP contribution in [0.5, 0.6) is 0 Å². The lowest BCUT2D eigenvalue weighted by Crippen LogP contribution is -2.19. The largest absolute Gasteiger partial charge is 0.325 e. The van der Waals surface area contributed by atoms with E-state index in [1.807, 2.05) is 92.7 Å². The molecule has 176 valence electrons. The van der Waals surface area contributed by atoms with E-state index in [4.69, 9.17) is 11.6 Å². The maximum Gasteiger partial charge on any atom is 0.255 e. The number of anilines is 2. The highest BCUT2D eigenvalue weighted by Gasteiger charge is 2.23. The molecule has 1 unspecified atom stereocenters. The summed E-state index contributed by atoms with van der Waals surface area (Å²) in [6.45, 7) is 3.89. The molecule has 1 atom stereocenters. The van der Waals surface area contributed by atoms with Gasteiger partial charge in [0.1, 0.15) is 5.25 Å². The van der Waals surface area contributed by atoms with Gasteiger partial charge in [0.15, 0.2) is 0 Å². The van der Waals surface area contributed by atoms with Crippen LogP contribution in [0.25, 0.3) is 0 Å². The number of thioether (sulfide) groups is 1. The van der Waals surface area contributed by atoms with Crippen LogP contribution in [0.2, 0.25) is 5.02 Å². The van der Waals surface area contributed by atoms with Gasteiger partial charge in [-0.1, -0.05) is 65.7 Å². The lowest BCUT2D eigenvalue weighted by Gasteiger charge is -2.18. The van der Waals surface area contributed by atoms with Crippen molar-refractivity contribution in [3.05, 3.63) is 124 Å². The number of hydrogen-bond donors (Lipinski definition) is 2. The Morgan fingerprint density at radius 3 is 2.26 bits per heavy atom. The van der Waals surface area contributed by atoms with Crippen LogP contribution in [0.1, 0.15) is 32.3 Å². The van der Waals surface area contributed by atoms with Crippen LogP contribution < -0.4 is 10.6 Å². The Labute approximate surface area is 214 Å². The summed E-state index contributed by atoms with van der Waals surface area (Å²) in [5.41, 5.74) is 4.86. The molecule has 0 spiro atoms. The number of amides is 2. The van der Waals surface area contributed by atoms with Gasteiger partial charge < -0.3 is 10.6 Å². The third-order valence-electron chi connectivity index (χ3n) is 5.44. The van der Waals surface area contributed by atoms with E-state index in [9.17, 15) is 9.59 Å². The molecule has 2 amide bonds. The number of halogens is 1. The first-order valence-corrected chi connectivity index (χ1v) is 12.4. The second kappa shape index (κ2) is 11.3. The minimum Gasteiger partial charge on any atom is -0.325 e. The number of hydrogen-bond acceptors (Lipinski definition) is 3. The van der Waals surface area contributed by atoms with Gasteiger partial charge in [0.25, 0.3) is 5.91 Å². The first-order chi connectivity index (χ1) is 16.9. The second-order valence-corrected chi connectivity index (χ2v) is 9.82. The van der Waals surface area contributed by atoms with E-state index < -0.39 is 5.25 Å². The zero-order chi connectivity index (χ0) is 24.8. The van der Waals surface area contributed by atoms with Crippen molar-refractivity contribution >= 4 is 46.6 Å². The van der Waals surface area contributed by atoms with Gasteiger partial charge in [-0.2, -0.15) is 0 Å². The molecule has 0 radical (unpaired) electrons. The molecular weight excluding hydrogens is 476 g/mol. The van der Waals surface area contributed by atoms with Crippen molar-refractivity contribution in [3.8, 4) is 0 Å². The van der Waals surface area contributed by atoms with E-state index in [-0.39, 0.29) is 11.8 Å². The highest BCUT2D eigenvalue weighted by Crippen LogP contribution is 2.37. The van der Waals surface area contributed by atoms with E-state index in [1.165, 1.54) is 11.8 Å². The summed E-state index contributed by atoms with van der Waals surface area (Å²) in [7, 11) is 0. The van der Waals surface area contributed by atoms with Crippen LogP contribution in [0.15, 0.2) is 102 Å². The molecule has 0 saturated heterocycles. The maximum atomic E-state index is 13.3. The fourth-order valence-corrected chi connectivity index (χ4v) is 4.77. The minimum atomic E-state index is -0.470. The summed E-state index contributed by atoms with van der Waals surface area (Å²) in [6, 6.07) is 30.1. The van der Waals surface area contributed by atoms with Crippen LogP contribution in [-0.2, 0) is 4.79 Å². The predicted molar refractivity (Wildman–Crippen MR) is 145 cm³/mol. The van der Waals surface area contributed by atoms with Gasteiger partial charge >= 0.3 is 0 Å². The Bertz CT molecular complexity index is 1340. The quantitative estimate of drug-likeness (QED) is 0.256. The minimum absolute atomic E-state index is 0.136. The molecule has 0 heterocycles. The monoisotopic (exact) mass is 500 g/mol. The molecule has 0 aromatic heterocycles. The first kappa shape index (κ1) is 24.6. The van der Waals surface area contributed by atoms with Crippen LogP contribution >= 0.6 is 23.4 Å². The molecule has 0 fully saturated rings. The number of carbonyl (C=O) groups excluding carboxylic acids is 2. The van der Waals surface area contributed by atoms with E-state index >= 15 is 0 Å². The molecule has 2 N–H and O–H groups in total. The zero-order valence-electron chi connectivity index (χ0n) is 19.4. The Balaban J connectivity index is 1.50. The lowest BCUT2D eigenvalue weighted by atomic mass is 10.1. The third-order valence-corrected chi connectivity index (χ3v) is 6.95. The van der Waals surface area contributed by atoms with Crippen LogP contribution in [0.4, 0.5) is 11.4 Å². The summed E-state index contributed by atoms with van der Waals surface area (Å²) < 4.78 is 0. The van der Waals surface area contributed by atoms with Crippen molar-refractivity contribution in [1.29, 1.82) is 0 Å². The molecule has 35 heavy (non-hydrogen) atoms. The van der Waals surface area contributed by atoms with Gasteiger partial charge in [0.2, 0.25) is 5.91 Å². The lowest BCUT2D eigenvalue weighted by molar-refractivity contribution is -0.115. The Morgan fingerprint density at radius 1 is 0.800 bits per heavy atom. The molecule has 4 rings (SSSR count). The average Bonchev–Trinajstić information content (AvgIpc) is 2.86. The van der Waals surface area contributed by atoms with Gasteiger partial charge in [-0.15, -0.1) is 11.8 Å². The normalized spacial score (nSPS) is 11.5. The van der Waals surface area contributed by atoms with Gasteiger partial charge in [0, 0.05) is 26.9 Å². The van der Waals surface area contributed by atoms with Gasteiger partial charge in [-0.05, 0) is 73.5 Å². The standard InChI is InChI=1S/C29H25ClN2O2S/c1-19-7-6-10-22(17-19)28(33)31-24-13-15-25(16-14-24)35-27(21-8-4-3-5-9-21)29(34)32-26-18-23(30)12-11-20(26)2/h3-18,27H,1-2H3,(H,31,33)(H,32,34). The SMILES string of the molecule is Cc1cccc(C(=O)Nc2ccc(SC(C(=O)Nc3cc(Cl)ccc3C)c3ccccc3)cc2)c1. The number of aryl methyl sites for hydroxylation is 2. The fraction of sp³-hybridized carbons (Fsp3) is 0.103. The van der Waals surface area contributed by atoms with Crippen molar-refractivity contribution < 1.29 is 9.59 Å². The number of rotatable bonds is 7. The van der Waals surface area contributed by atoms with Crippen molar-refractivity contribution in [1.82, 2.24) is 0 Å². The Kier molecular flexibility index (Phi) is 7.91. The summed E-state index contributed by atoms with van der Waals surface area (Å²) in [4.78, 5) is 26.8. The summed E-state index contributed by atoms with van der Waals surface area (Å²) in [6.07, 6.45) is 0. The van der Waals surface area contributed by atoms with E-state index in [0.717, 1.165) is 21.6 Å². The smallest absolute Gasteiger partial charge is 0.255 e. The van der Waals surface area contributed by atoms with E-state index in [0.29, 0.717) is 22.0 Å².